The van der Waals surface area contributed by atoms with E-state index in [1.807, 2.05) is 0 Å². The molecule has 28 heteroatoms. The molecule has 1 unspecified atom stereocenters. The minimum absolute atomic E-state index is 0. The summed E-state index contributed by atoms with van der Waals surface area (Å²) in [7, 11) is -7.69. The van der Waals surface area contributed by atoms with Crippen molar-refractivity contribution in [2.45, 2.75) is 71.2 Å². The van der Waals surface area contributed by atoms with Crippen LogP contribution in [-0.2, 0) is 10.1 Å². The average molecular weight is 670 g/mol. The Bertz CT molecular complexity index is 1020. The van der Waals surface area contributed by atoms with Gasteiger partial charge in [0.2, 0.25) is 0 Å². The Balaban J connectivity index is 0. The minimum Gasteiger partial charge on any atom is -0.746 e. The summed E-state index contributed by atoms with van der Waals surface area (Å²) in [4.78, 5) is 0. The quantitative estimate of drug-likeness (QED) is 0.182. The van der Waals surface area contributed by atoms with Crippen molar-refractivity contribution < 1.29 is 133 Å². The van der Waals surface area contributed by atoms with Crippen LogP contribution in [0, 0.1) is 0 Å². The van der Waals surface area contributed by atoms with E-state index in [4.69, 9.17) is 0 Å². The monoisotopic (exact) mass is 670 g/mol. The minimum atomic E-state index is -9.53. The first-order chi connectivity index (χ1) is 16.3. The predicted molar refractivity (Wildman–Crippen MR) is 70.1 cm³/mol. The third-order valence-corrected chi connectivity index (χ3v) is 5.21. The summed E-state index contributed by atoms with van der Waals surface area (Å²) in [6, 6.07) is 0. The van der Waals surface area contributed by atoms with Crippen molar-refractivity contribution in [1.29, 1.82) is 0 Å². The standard InChI is InChI=1S/C12H3F23O3S.Li/c13-1(14)3(16,17)5(20,21)7(24,25)9(28,29)11(32,33)12(34,35)10(30,31)8(26,27)6(22,23)4(18,19)2(15)39(36,37)38;/h1-2H,(H,36,37,38);/q;+1/p-1. The van der Waals surface area contributed by atoms with E-state index in [1.54, 1.807) is 0 Å². The van der Waals surface area contributed by atoms with Gasteiger partial charge in [-0.2, -0.15) is 87.8 Å². The molecule has 0 aromatic heterocycles. The van der Waals surface area contributed by atoms with Crippen molar-refractivity contribution >= 4 is 10.1 Å². The average Bonchev–Trinajstić information content (AvgIpc) is 2.70. The predicted octanol–water partition coefficient (Wildman–Crippen LogP) is 3.45. The van der Waals surface area contributed by atoms with E-state index < -0.39 is 81.3 Å². The maximum absolute atomic E-state index is 13.5. The van der Waals surface area contributed by atoms with Crippen molar-refractivity contribution in [1.82, 2.24) is 0 Å². The van der Waals surface area contributed by atoms with Gasteiger partial charge in [-0.25, -0.2) is 21.6 Å². The molecule has 3 nitrogen and oxygen atoms in total. The summed E-state index contributed by atoms with van der Waals surface area (Å²) < 4.78 is 331. The first-order valence-corrected chi connectivity index (χ1v) is 9.47. The zero-order valence-electron chi connectivity index (χ0n) is 17.5. The van der Waals surface area contributed by atoms with Crippen LogP contribution in [0.3, 0.4) is 0 Å². The second kappa shape index (κ2) is 10.3. The molecule has 0 aliphatic heterocycles. The van der Waals surface area contributed by atoms with E-state index in [-0.39, 0.29) is 18.9 Å². The number of hydrogen-bond donors (Lipinski definition) is 0. The molecular weight excluding hydrogens is 668 g/mol. The van der Waals surface area contributed by atoms with Gasteiger partial charge >= 0.3 is 84.5 Å². The van der Waals surface area contributed by atoms with Crippen LogP contribution in [0.2, 0.25) is 0 Å². The molecule has 0 aliphatic rings. The zero-order valence-corrected chi connectivity index (χ0v) is 18.3. The molecule has 0 aromatic carbocycles. The number of halogens is 23. The van der Waals surface area contributed by atoms with Gasteiger partial charge in [0.1, 0.15) is 10.1 Å². The van der Waals surface area contributed by atoms with Gasteiger partial charge < -0.3 is 4.55 Å². The first kappa shape index (κ1) is 41.0. The first-order valence-electron chi connectivity index (χ1n) is 8.00. The van der Waals surface area contributed by atoms with E-state index in [2.05, 4.69) is 0 Å². The molecule has 0 bridgehead atoms. The SMILES string of the molecule is O=S(=O)([O-])C(F)C(F)(F)C(F)(F)C(F)(F)C(F)(F)C(F)(F)C(F)(F)C(F)(F)C(F)(F)C(F)(F)C(F)(F)C(F)F.[Li+]. The van der Waals surface area contributed by atoms with Crippen molar-refractivity contribution in [3.05, 3.63) is 0 Å². The molecular formula is C12H2F23LiO3S. The summed E-state index contributed by atoms with van der Waals surface area (Å²) in [5.41, 5.74) is -6.35. The molecule has 0 radical (unpaired) electrons. The Kier molecular flexibility index (Phi) is 10.5. The fourth-order valence-corrected chi connectivity index (χ4v) is 2.57. The molecule has 0 fully saturated rings. The van der Waals surface area contributed by atoms with Crippen LogP contribution in [-0.4, -0.2) is 84.1 Å². The number of rotatable bonds is 12. The van der Waals surface area contributed by atoms with Gasteiger partial charge in [0.15, 0.2) is 0 Å². The third-order valence-electron chi connectivity index (χ3n) is 4.41. The molecule has 0 saturated carbocycles. The van der Waals surface area contributed by atoms with Crippen molar-refractivity contribution in [3.63, 3.8) is 0 Å². The summed E-state index contributed by atoms with van der Waals surface area (Å²) in [5.74, 6) is -90.0. The van der Waals surface area contributed by atoms with E-state index in [1.165, 1.54) is 0 Å². The molecule has 236 valence electrons. The second-order valence-corrected chi connectivity index (χ2v) is 8.35. The Hall–Kier alpha value is -1.10. The van der Waals surface area contributed by atoms with Crippen LogP contribution in [0.25, 0.3) is 0 Å². The fourth-order valence-electron chi connectivity index (χ4n) is 2.06. The molecule has 1 atom stereocenters. The Morgan fingerprint density at radius 1 is 0.400 bits per heavy atom. The van der Waals surface area contributed by atoms with Gasteiger partial charge in [-0.3, -0.25) is 0 Å². The van der Waals surface area contributed by atoms with Crippen molar-refractivity contribution in [2.24, 2.45) is 0 Å². The van der Waals surface area contributed by atoms with Crippen molar-refractivity contribution in [2.75, 3.05) is 0 Å². The molecule has 40 heavy (non-hydrogen) atoms. The number of hydrogen-bond acceptors (Lipinski definition) is 3. The normalized spacial score (nSPS) is 17.1. The summed E-state index contributed by atoms with van der Waals surface area (Å²) in [6.07, 6.45) is -6.28. The zero-order chi connectivity index (χ0) is 32.7. The molecule has 0 amide bonds. The molecule has 0 N–H and O–H groups in total. The smallest absolute Gasteiger partial charge is 0.746 e. The molecule has 0 heterocycles. The van der Waals surface area contributed by atoms with Gasteiger partial charge in [-0.15, -0.1) is 0 Å². The summed E-state index contributed by atoms with van der Waals surface area (Å²) >= 11 is 0. The van der Waals surface area contributed by atoms with Crippen LogP contribution in [0.1, 0.15) is 0 Å². The van der Waals surface area contributed by atoms with Gasteiger partial charge in [0.25, 0.3) is 5.50 Å². The van der Waals surface area contributed by atoms with Crippen LogP contribution in [0.5, 0.6) is 0 Å². The number of alkyl halides is 23. The van der Waals surface area contributed by atoms with E-state index >= 15 is 0 Å². The van der Waals surface area contributed by atoms with E-state index in [9.17, 15) is 114 Å². The van der Waals surface area contributed by atoms with Gasteiger partial charge in [-0.05, 0) is 0 Å². The molecule has 0 saturated heterocycles. The van der Waals surface area contributed by atoms with Crippen LogP contribution >= 0.6 is 0 Å². The van der Waals surface area contributed by atoms with Crippen molar-refractivity contribution in [3.8, 4) is 0 Å². The molecule has 0 aliphatic carbocycles. The van der Waals surface area contributed by atoms with Gasteiger partial charge in [-0.1, -0.05) is 0 Å². The van der Waals surface area contributed by atoms with Crippen LogP contribution in [0.4, 0.5) is 101 Å². The topological polar surface area (TPSA) is 57.2 Å². The Labute approximate surface area is 214 Å². The maximum atomic E-state index is 13.5. The largest absolute Gasteiger partial charge is 1.00 e. The third kappa shape index (κ3) is 4.96. The summed E-state index contributed by atoms with van der Waals surface area (Å²) in [6.45, 7) is 0. The fraction of sp³-hybridized carbons (Fsp3) is 1.00. The Morgan fingerprint density at radius 2 is 0.575 bits per heavy atom. The van der Waals surface area contributed by atoms with E-state index in [0.717, 1.165) is 0 Å². The van der Waals surface area contributed by atoms with E-state index in [0.29, 0.717) is 0 Å². The van der Waals surface area contributed by atoms with Gasteiger partial charge in [0, 0.05) is 0 Å². The molecule has 0 aromatic rings. The molecule has 0 rings (SSSR count). The molecule has 0 spiro atoms. The van der Waals surface area contributed by atoms with Gasteiger partial charge in [0.05, 0.1) is 0 Å². The maximum Gasteiger partial charge on any atom is 1.00 e. The van der Waals surface area contributed by atoms with Crippen LogP contribution < -0.4 is 18.9 Å². The van der Waals surface area contributed by atoms with Crippen LogP contribution in [0.15, 0.2) is 0 Å². The second-order valence-electron chi connectivity index (χ2n) is 6.95. The Morgan fingerprint density at radius 3 is 0.750 bits per heavy atom. The summed E-state index contributed by atoms with van der Waals surface area (Å²) in [5, 5.41) is 0.